The number of carbonyl (C=O) groups is 2. The largest absolute Gasteiger partial charge is 0.357 e. The molecule has 2 amide bonds. The molecule has 0 radical (unpaired) electrons. The van der Waals surface area contributed by atoms with Crippen LogP contribution in [0.2, 0.25) is 0 Å². The number of rotatable bonds is 7. The van der Waals surface area contributed by atoms with Crippen molar-refractivity contribution in [1.29, 1.82) is 0 Å². The molecule has 0 saturated carbocycles. The van der Waals surface area contributed by atoms with Gasteiger partial charge in [0, 0.05) is 35.7 Å². The average molecular weight is 467 g/mol. The maximum atomic E-state index is 13.6. The quantitative estimate of drug-likeness (QED) is 0.402. The third kappa shape index (κ3) is 5.20. The van der Waals surface area contributed by atoms with E-state index < -0.39 is 29.5 Å². The minimum absolute atomic E-state index is 0.140. The van der Waals surface area contributed by atoms with Crippen molar-refractivity contribution in [2.45, 2.75) is 16.7 Å². The summed E-state index contributed by atoms with van der Waals surface area (Å²) in [6.07, 6.45) is 3.91. The van der Waals surface area contributed by atoms with Crippen LogP contribution in [0.25, 0.3) is 5.65 Å². The molecule has 0 bridgehead atoms. The summed E-state index contributed by atoms with van der Waals surface area (Å²) < 4.78 is 28.9. The number of benzene rings is 2. The molecule has 0 aliphatic rings. The van der Waals surface area contributed by atoms with Gasteiger partial charge < -0.3 is 15.0 Å². The highest BCUT2D eigenvalue weighted by Gasteiger charge is 2.23. The molecule has 168 valence electrons. The number of nitrogens with zero attached hydrogens (tertiary/aromatic N) is 2. The molecule has 0 aliphatic carbocycles. The first-order valence-electron chi connectivity index (χ1n) is 10.1. The number of halogens is 2. The molecule has 1 unspecified atom stereocenters. The van der Waals surface area contributed by atoms with Gasteiger partial charge in [0.05, 0.1) is 5.69 Å². The van der Waals surface area contributed by atoms with Gasteiger partial charge in [-0.15, -0.1) is 11.8 Å². The summed E-state index contributed by atoms with van der Waals surface area (Å²) in [5.41, 5.74) is 2.30. The van der Waals surface area contributed by atoms with Crippen LogP contribution in [0.4, 0.5) is 8.78 Å². The Morgan fingerprint density at radius 3 is 2.55 bits per heavy atom. The van der Waals surface area contributed by atoms with E-state index in [0.717, 1.165) is 28.4 Å². The molecule has 1 atom stereocenters. The summed E-state index contributed by atoms with van der Waals surface area (Å²) in [6.45, 7) is 0. The lowest BCUT2D eigenvalue weighted by atomic mass is 10.0. The first-order chi connectivity index (χ1) is 15.9. The number of amides is 2. The van der Waals surface area contributed by atoms with Gasteiger partial charge in [0.15, 0.2) is 11.6 Å². The van der Waals surface area contributed by atoms with Gasteiger partial charge in [-0.05, 0) is 54.1 Å². The van der Waals surface area contributed by atoms with Gasteiger partial charge in [0.1, 0.15) is 11.7 Å². The van der Waals surface area contributed by atoms with Crippen molar-refractivity contribution in [3.63, 3.8) is 0 Å². The van der Waals surface area contributed by atoms with Gasteiger partial charge in [-0.2, -0.15) is 0 Å². The SMILES string of the molecule is CNC(=O)C(NC(=O)c1ccc(SCc2cn3ccccc3n2)cc1)c1ccc(F)c(F)c1. The number of carbonyl (C=O) groups excluding carboxylic acids is 2. The van der Waals surface area contributed by atoms with Gasteiger partial charge in [0.25, 0.3) is 5.91 Å². The molecule has 4 rings (SSSR count). The van der Waals surface area contributed by atoms with Crippen molar-refractivity contribution < 1.29 is 18.4 Å². The highest BCUT2D eigenvalue weighted by molar-refractivity contribution is 7.98. The number of fused-ring (bicyclic) bond motifs is 1. The zero-order chi connectivity index (χ0) is 23.4. The topological polar surface area (TPSA) is 75.5 Å². The van der Waals surface area contributed by atoms with E-state index in [1.54, 1.807) is 23.9 Å². The molecule has 0 spiro atoms. The van der Waals surface area contributed by atoms with Gasteiger partial charge in [-0.3, -0.25) is 9.59 Å². The number of pyridine rings is 1. The van der Waals surface area contributed by atoms with Gasteiger partial charge in [-0.25, -0.2) is 13.8 Å². The summed E-state index contributed by atoms with van der Waals surface area (Å²) >= 11 is 1.58. The molecule has 6 nitrogen and oxygen atoms in total. The van der Waals surface area contributed by atoms with Crippen molar-refractivity contribution >= 4 is 29.2 Å². The summed E-state index contributed by atoms with van der Waals surface area (Å²) in [5.74, 6) is -2.51. The fourth-order valence-corrected chi connectivity index (χ4v) is 4.05. The highest BCUT2D eigenvalue weighted by atomic mass is 32.2. The monoisotopic (exact) mass is 466 g/mol. The van der Waals surface area contributed by atoms with Crippen LogP contribution in [0.1, 0.15) is 27.7 Å². The van der Waals surface area contributed by atoms with Crippen LogP contribution < -0.4 is 10.6 Å². The van der Waals surface area contributed by atoms with Crippen molar-refractivity contribution in [2.24, 2.45) is 0 Å². The lowest BCUT2D eigenvalue weighted by molar-refractivity contribution is -0.122. The van der Waals surface area contributed by atoms with Crippen LogP contribution in [0.3, 0.4) is 0 Å². The lowest BCUT2D eigenvalue weighted by Gasteiger charge is -2.18. The minimum Gasteiger partial charge on any atom is -0.357 e. The molecule has 2 heterocycles. The second kappa shape index (κ2) is 9.83. The smallest absolute Gasteiger partial charge is 0.252 e. The molecule has 2 N–H and O–H groups in total. The molecule has 2 aromatic carbocycles. The Bertz CT molecular complexity index is 1270. The Balaban J connectivity index is 1.42. The Labute approximate surface area is 193 Å². The average Bonchev–Trinajstić information content (AvgIpc) is 3.26. The van der Waals surface area contributed by atoms with Crippen molar-refractivity contribution in [3.8, 4) is 0 Å². The Morgan fingerprint density at radius 1 is 1.06 bits per heavy atom. The minimum atomic E-state index is -1.17. The van der Waals surface area contributed by atoms with E-state index in [1.807, 2.05) is 47.1 Å². The molecule has 33 heavy (non-hydrogen) atoms. The van der Waals surface area contributed by atoms with E-state index >= 15 is 0 Å². The second-order valence-corrected chi connectivity index (χ2v) is 8.25. The first-order valence-corrected chi connectivity index (χ1v) is 11.1. The molecule has 0 fully saturated rings. The molecule has 4 aromatic rings. The van der Waals surface area contributed by atoms with Crippen LogP contribution in [0, 0.1) is 11.6 Å². The van der Waals surface area contributed by atoms with Gasteiger partial charge >= 0.3 is 0 Å². The number of thioether (sulfide) groups is 1. The normalized spacial score (nSPS) is 11.8. The summed E-state index contributed by atoms with van der Waals surface area (Å²) in [6, 6.07) is 14.6. The zero-order valence-electron chi connectivity index (χ0n) is 17.6. The molecular weight excluding hydrogens is 446 g/mol. The van der Waals surface area contributed by atoms with Crippen LogP contribution in [0.15, 0.2) is 78.0 Å². The highest BCUT2D eigenvalue weighted by Crippen LogP contribution is 2.24. The van der Waals surface area contributed by atoms with E-state index in [4.69, 9.17) is 0 Å². The van der Waals surface area contributed by atoms with Crippen LogP contribution >= 0.6 is 11.8 Å². The van der Waals surface area contributed by atoms with Crippen LogP contribution in [0.5, 0.6) is 0 Å². The third-order valence-electron chi connectivity index (χ3n) is 4.98. The second-order valence-electron chi connectivity index (χ2n) is 7.21. The summed E-state index contributed by atoms with van der Waals surface area (Å²) in [7, 11) is 1.40. The van der Waals surface area contributed by atoms with Crippen molar-refractivity contribution in [2.75, 3.05) is 7.05 Å². The van der Waals surface area contributed by atoms with E-state index in [9.17, 15) is 18.4 Å². The van der Waals surface area contributed by atoms with E-state index in [-0.39, 0.29) is 5.56 Å². The standard InChI is InChI=1S/C24H20F2N4O2S/c1-27-24(32)22(16-7-10-19(25)20(26)12-16)29-23(31)15-5-8-18(9-6-15)33-14-17-13-30-11-3-2-4-21(30)28-17/h2-13,22H,14H2,1H3,(H,27,32)(H,29,31). The van der Waals surface area contributed by atoms with Gasteiger partial charge in [0.2, 0.25) is 5.91 Å². The fourth-order valence-electron chi connectivity index (χ4n) is 3.27. The predicted molar refractivity (Wildman–Crippen MR) is 122 cm³/mol. The van der Waals surface area contributed by atoms with Crippen LogP contribution in [-0.4, -0.2) is 28.2 Å². The van der Waals surface area contributed by atoms with E-state index in [1.165, 1.54) is 13.1 Å². The zero-order valence-corrected chi connectivity index (χ0v) is 18.4. The predicted octanol–water partition coefficient (Wildman–Crippen LogP) is 4.12. The van der Waals surface area contributed by atoms with E-state index in [0.29, 0.717) is 11.3 Å². The molecule has 2 aromatic heterocycles. The van der Waals surface area contributed by atoms with Crippen LogP contribution in [-0.2, 0) is 10.5 Å². The Morgan fingerprint density at radius 2 is 1.85 bits per heavy atom. The molecule has 0 saturated heterocycles. The molecular formula is C24H20F2N4O2S. The number of hydrogen-bond donors (Lipinski definition) is 2. The maximum absolute atomic E-state index is 13.6. The van der Waals surface area contributed by atoms with E-state index in [2.05, 4.69) is 15.6 Å². The summed E-state index contributed by atoms with van der Waals surface area (Å²) in [5, 5.41) is 5.00. The maximum Gasteiger partial charge on any atom is 0.252 e. The number of likely N-dealkylation sites (N-methyl/N-ethyl adjacent to an activating group) is 1. The third-order valence-corrected chi connectivity index (χ3v) is 6.02. The first kappa shape index (κ1) is 22.5. The number of hydrogen-bond acceptors (Lipinski definition) is 4. The summed E-state index contributed by atoms with van der Waals surface area (Å²) in [4.78, 5) is 30.5. The molecule has 0 aliphatic heterocycles. The Kier molecular flexibility index (Phi) is 6.69. The molecule has 9 heteroatoms. The number of nitrogens with one attached hydrogen (secondary N) is 2. The van der Waals surface area contributed by atoms with Gasteiger partial charge in [-0.1, -0.05) is 12.1 Å². The number of aromatic nitrogens is 2. The van der Waals surface area contributed by atoms with Crippen molar-refractivity contribution in [1.82, 2.24) is 20.0 Å². The number of imidazole rings is 1. The van der Waals surface area contributed by atoms with Crippen molar-refractivity contribution in [3.05, 3.63) is 102 Å². The lowest BCUT2D eigenvalue weighted by Crippen LogP contribution is -2.39. The Hall–Kier alpha value is -3.72. The fraction of sp³-hybridized carbons (Fsp3) is 0.125.